The van der Waals surface area contributed by atoms with Crippen molar-refractivity contribution in [3.8, 4) is 0 Å². The summed E-state index contributed by atoms with van der Waals surface area (Å²) in [7, 11) is 1.33. The van der Waals surface area contributed by atoms with E-state index in [9.17, 15) is 9.59 Å². The van der Waals surface area contributed by atoms with Gasteiger partial charge in [-0.05, 0) is 35.2 Å². The van der Waals surface area contributed by atoms with E-state index in [0.717, 1.165) is 10.4 Å². The van der Waals surface area contributed by atoms with Crippen molar-refractivity contribution in [2.45, 2.75) is 12.5 Å². The maximum absolute atomic E-state index is 12.1. The zero-order chi connectivity index (χ0) is 16.7. The summed E-state index contributed by atoms with van der Waals surface area (Å²) >= 11 is 7.38. The van der Waals surface area contributed by atoms with E-state index in [2.05, 4.69) is 10.1 Å². The molecule has 1 atom stereocenters. The number of ether oxygens (including phenoxy) is 1. The number of thiophene rings is 1. The van der Waals surface area contributed by atoms with Crippen LogP contribution >= 0.6 is 22.9 Å². The van der Waals surface area contributed by atoms with Crippen LogP contribution in [0.3, 0.4) is 0 Å². The third-order valence-electron chi connectivity index (χ3n) is 3.08. The van der Waals surface area contributed by atoms with Gasteiger partial charge in [0.05, 0.1) is 19.6 Å². The number of benzene rings is 1. The molecule has 0 saturated carbocycles. The molecule has 1 heterocycles. The number of carbonyl (C=O) groups excluding carboxylic acids is 2. The third-order valence-corrected chi connectivity index (χ3v) is 4.30. The fraction of sp³-hybridized carbons (Fsp3) is 0.176. The van der Waals surface area contributed by atoms with Gasteiger partial charge in [0.2, 0.25) is 5.91 Å². The van der Waals surface area contributed by atoms with Crippen LogP contribution < -0.4 is 5.32 Å². The fourth-order valence-electron chi connectivity index (χ4n) is 1.96. The Labute approximate surface area is 143 Å². The van der Waals surface area contributed by atoms with Gasteiger partial charge in [-0.25, -0.2) is 0 Å². The lowest BCUT2D eigenvalue weighted by molar-refractivity contribution is -0.141. The standard InChI is InChI=1S/C17H16ClNO3S/c1-22-17(21)11-14(15-6-3-9-23-15)19-16(20)8-7-12-4-2-5-13(18)10-12/h2-10,14H,11H2,1H3,(H,19,20)/b8-7+. The molecule has 0 aliphatic carbocycles. The second-order valence-corrected chi connectivity index (χ2v) is 6.16. The lowest BCUT2D eigenvalue weighted by Gasteiger charge is -2.15. The summed E-state index contributed by atoms with van der Waals surface area (Å²) in [5.74, 6) is -0.658. The van der Waals surface area contributed by atoms with Crippen LogP contribution in [0, 0.1) is 0 Å². The number of esters is 1. The molecule has 0 aliphatic rings. The van der Waals surface area contributed by atoms with E-state index in [1.54, 1.807) is 18.2 Å². The number of nitrogens with one attached hydrogen (secondary N) is 1. The second kappa shape index (κ2) is 8.50. The Hall–Kier alpha value is -2.11. The Morgan fingerprint density at radius 3 is 2.83 bits per heavy atom. The molecule has 1 unspecified atom stereocenters. The monoisotopic (exact) mass is 349 g/mol. The molecule has 0 spiro atoms. The lowest BCUT2D eigenvalue weighted by atomic mass is 10.1. The van der Waals surface area contributed by atoms with E-state index in [1.165, 1.54) is 24.5 Å². The zero-order valence-corrected chi connectivity index (χ0v) is 14.1. The molecule has 1 aromatic heterocycles. The van der Waals surface area contributed by atoms with Gasteiger partial charge in [0.1, 0.15) is 0 Å². The number of hydrogen-bond donors (Lipinski definition) is 1. The Morgan fingerprint density at radius 2 is 2.17 bits per heavy atom. The first-order valence-corrected chi connectivity index (χ1v) is 8.18. The molecule has 1 amide bonds. The van der Waals surface area contributed by atoms with Crippen LogP contribution in [-0.2, 0) is 14.3 Å². The molecule has 2 aromatic rings. The van der Waals surface area contributed by atoms with Crippen LogP contribution in [0.1, 0.15) is 22.9 Å². The van der Waals surface area contributed by atoms with Crippen molar-refractivity contribution in [2.75, 3.05) is 7.11 Å². The van der Waals surface area contributed by atoms with E-state index in [1.807, 2.05) is 29.6 Å². The van der Waals surface area contributed by atoms with Crippen molar-refractivity contribution in [2.24, 2.45) is 0 Å². The summed E-state index contributed by atoms with van der Waals surface area (Å²) in [4.78, 5) is 24.5. The minimum absolute atomic E-state index is 0.0910. The minimum atomic E-state index is -0.404. The van der Waals surface area contributed by atoms with E-state index < -0.39 is 6.04 Å². The van der Waals surface area contributed by atoms with Gasteiger partial charge in [-0.1, -0.05) is 29.8 Å². The molecule has 2 rings (SSSR count). The summed E-state index contributed by atoms with van der Waals surface area (Å²) in [5.41, 5.74) is 0.827. The number of amides is 1. The van der Waals surface area contributed by atoms with Gasteiger partial charge in [0, 0.05) is 16.0 Å². The summed E-state index contributed by atoms with van der Waals surface area (Å²) in [5, 5.41) is 5.32. The van der Waals surface area contributed by atoms with Gasteiger partial charge in [0.25, 0.3) is 0 Å². The Bertz CT molecular complexity index is 698. The van der Waals surface area contributed by atoms with Crippen LogP contribution in [0.25, 0.3) is 6.08 Å². The van der Waals surface area contributed by atoms with Gasteiger partial charge < -0.3 is 10.1 Å². The summed E-state index contributed by atoms with van der Waals surface area (Å²) in [6.07, 6.45) is 3.18. The van der Waals surface area contributed by atoms with Crippen molar-refractivity contribution >= 4 is 40.9 Å². The normalized spacial score (nSPS) is 12.1. The molecule has 1 N–H and O–H groups in total. The molecule has 120 valence electrons. The van der Waals surface area contributed by atoms with Crippen molar-refractivity contribution in [3.63, 3.8) is 0 Å². The molecular formula is C17H16ClNO3S. The Kier molecular flexibility index (Phi) is 6.38. The van der Waals surface area contributed by atoms with Gasteiger partial charge in [-0.3, -0.25) is 9.59 Å². The first-order chi connectivity index (χ1) is 11.1. The molecule has 1 aromatic carbocycles. The van der Waals surface area contributed by atoms with Crippen molar-refractivity contribution < 1.29 is 14.3 Å². The lowest BCUT2D eigenvalue weighted by Crippen LogP contribution is -2.28. The average Bonchev–Trinajstić information content (AvgIpc) is 3.06. The van der Waals surface area contributed by atoms with Crippen molar-refractivity contribution in [3.05, 3.63) is 63.3 Å². The number of methoxy groups -OCH3 is 1. The Morgan fingerprint density at radius 1 is 1.35 bits per heavy atom. The highest BCUT2D eigenvalue weighted by Crippen LogP contribution is 2.22. The molecular weight excluding hydrogens is 334 g/mol. The van der Waals surface area contributed by atoms with Crippen LogP contribution in [-0.4, -0.2) is 19.0 Å². The molecule has 4 nitrogen and oxygen atoms in total. The number of hydrogen-bond acceptors (Lipinski definition) is 4. The summed E-state index contributed by atoms with van der Waals surface area (Å²) < 4.78 is 4.68. The zero-order valence-electron chi connectivity index (χ0n) is 12.5. The highest BCUT2D eigenvalue weighted by molar-refractivity contribution is 7.10. The Balaban J connectivity index is 2.04. The maximum Gasteiger partial charge on any atom is 0.307 e. The number of carbonyl (C=O) groups is 2. The molecule has 23 heavy (non-hydrogen) atoms. The van der Waals surface area contributed by atoms with Gasteiger partial charge in [0.15, 0.2) is 0 Å². The van der Waals surface area contributed by atoms with Gasteiger partial charge >= 0.3 is 5.97 Å². The van der Waals surface area contributed by atoms with Crippen molar-refractivity contribution in [1.29, 1.82) is 0 Å². The predicted octanol–water partition coefficient (Wildman–Crippen LogP) is 3.84. The van der Waals surface area contributed by atoms with Crippen molar-refractivity contribution in [1.82, 2.24) is 5.32 Å². The number of halogens is 1. The third kappa shape index (κ3) is 5.54. The van der Waals surface area contributed by atoms with E-state index in [-0.39, 0.29) is 18.3 Å². The van der Waals surface area contributed by atoms with Crippen LogP contribution in [0.4, 0.5) is 0 Å². The van der Waals surface area contributed by atoms with E-state index in [0.29, 0.717) is 5.02 Å². The maximum atomic E-state index is 12.1. The highest BCUT2D eigenvalue weighted by atomic mass is 35.5. The molecule has 0 saturated heterocycles. The smallest absolute Gasteiger partial charge is 0.307 e. The van der Waals surface area contributed by atoms with Crippen LogP contribution in [0.15, 0.2) is 47.9 Å². The molecule has 6 heteroatoms. The largest absolute Gasteiger partial charge is 0.469 e. The van der Waals surface area contributed by atoms with Crippen LogP contribution in [0.2, 0.25) is 5.02 Å². The topological polar surface area (TPSA) is 55.4 Å². The minimum Gasteiger partial charge on any atom is -0.469 e. The van der Waals surface area contributed by atoms with E-state index >= 15 is 0 Å². The second-order valence-electron chi connectivity index (χ2n) is 4.75. The highest BCUT2D eigenvalue weighted by Gasteiger charge is 2.18. The molecule has 0 radical (unpaired) electrons. The first-order valence-electron chi connectivity index (χ1n) is 6.93. The predicted molar refractivity (Wildman–Crippen MR) is 92.3 cm³/mol. The first kappa shape index (κ1) is 17.2. The fourth-order valence-corrected chi connectivity index (χ4v) is 2.94. The average molecular weight is 350 g/mol. The molecule has 0 fully saturated rings. The van der Waals surface area contributed by atoms with Gasteiger partial charge in [-0.2, -0.15) is 0 Å². The van der Waals surface area contributed by atoms with Gasteiger partial charge in [-0.15, -0.1) is 11.3 Å². The van der Waals surface area contributed by atoms with E-state index in [4.69, 9.17) is 11.6 Å². The summed E-state index contributed by atoms with van der Waals surface area (Å²) in [6, 6.07) is 10.5. The summed E-state index contributed by atoms with van der Waals surface area (Å²) in [6.45, 7) is 0. The molecule has 0 aliphatic heterocycles. The molecule has 0 bridgehead atoms. The number of rotatable bonds is 6. The SMILES string of the molecule is COC(=O)CC(NC(=O)/C=C/c1cccc(Cl)c1)c1cccs1. The van der Waals surface area contributed by atoms with Crippen LogP contribution in [0.5, 0.6) is 0 Å². The quantitative estimate of drug-likeness (QED) is 0.637.